The molecule has 2 aromatic carbocycles. The van der Waals surface area contributed by atoms with Crippen LogP contribution in [0.4, 0.5) is 5.69 Å². The zero-order valence-electron chi connectivity index (χ0n) is 11.9. The first-order valence-electron chi connectivity index (χ1n) is 6.52. The summed E-state index contributed by atoms with van der Waals surface area (Å²) in [6.07, 6.45) is 2.05. The van der Waals surface area contributed by atoms with Crippen LogP contribution in [0.1, 0.15) is 15.9 Å². The fourth-order valence-electron chi connectivity index (χ4n) is 1.89. The molecule has 110 valence electrons. The second-order valence-corrected chi connectivity index (χ2v) is 5.76. The predicted molar refractivity (Wildman–Crippen MR) is 90.4 cm³/mol. The number of carbonyl (C=O) groups excluding carboxylic acids is 1. The van der Waals surface area contributed by atoms with Gasteiger partial charge in [0, 0.05) is 24.1 Å². The van der Waals surface area contributed by atoms with Gasteiger partial charge in [0.1, 0.15) is 0 Å². The normalized spacial score (nSPS) is 10.2. The van der Waals surface area contributed by atoms with E-state index in [0.29, 0.717) is 17.1 Å². The van der Waals surface area contributed by atoms with Crippen molar-refractivity contribution in [3.8, 4) is 0 Å². The molecule has 0 aliphatic heterocycles. The minimum Gasteiger partial charge on any atom is -0.380 e. The molecule has 0 atom stereocenters. The fourth-order valence-corrected chi connectivity index (χ4v) is 2.48. The van der Waals surface area contributed by atoms with Crippen molar-refractivity contribution in [2.24, 2.45) is 0 Å². The van der Waals surface area contributed by atoms with Crippen LogP contribution >= 0.6 is 23.4 Å². The topological polar surface area (TPSA) is 41.1 Å². The molecule has 3 nitrogen and oxygen atoms in total. The molecule has 5 heteroatoms. The largest absolute Gasteiger partial charge is 0.380 e. The van der Waals surface area contributed by atoms with Gasteiger partial charge in [0.05, 0.1) is 10.7 Å². The Morgan fingerprint density at radius 3 is 2.52 bits per heavy atom. The molecule has 0 bridgehead atoms. The summed E-state index contributed by atoms with van der Waals surface area (Å²) in [7, 11) is 1.61. The molecule has 2 N–H and O–H groups in total. The Hall–Kier alpha value is -1.65. The van der Waals surface area contributed by atoms with Crippen molar-refractivity contribution in [3.63, 3.8) is 0 Å². The second-order valence-electron chi connectivity index (χ2n) is 4.48. The Morgan fingerprint density at radius 2 is 1.90 bits per heavy atom. The molecule has 0 aromatic heterocycles. The van der Waals surface area contributed by atoms with Crippen LogP contribution in [0.5, 0.6) is 0 Å². The molecule has 0 radical (unpaired) electrons. The number of amides is 1. The third-order valence-corrected chi connectivity index (χ3v) is 4.17. The Kier molecular flexibility index (Phi) is 5.53. The number of carbonyl (C=O) groups is 1. The molecule has 2 rings (SSSR count). The third-order valence-electron chi connectivity index (χ3n) is 3.10. The van der Waals surface area contributed by atoms with E-state index in [9.17, 15) is 4.79 Å². The van der Waals surface area contributed by atoms with E-state index in [4.69, 9.17) is 11.6 Å². The molecule has 0 fully saturated rings. The average Bonchev–Trinajstić information content (AvgIpc) is 2.53. The van der Waals surface area contributed by atoms with Crippen LogP contribution in [-0.4, -0.2) is 19.2 Å². The molecule has 2 aromatic rings. The second kappa shape index (κ2) is 7.38. The summed E-state index contributed by atoms with van der Waals surface area (Å²) < 4.78 is 0. The van der Waals surface area contributed by atoms with Gasteiger partial charge in [-0.15, -0.1) is 11.8 Å². The van der Waals surface area contributed by atoms with Crippen molar-refractivity contribution >= 4 is 35.0 Å². The van der Waals surface area contributed by atoms with Gasteiger partial charge in [-0.05, 0) is 42.2 Å². The zero-order chi connectivity index (χ0) is 15.2. The van der Waals surface area contributed by atoms with E-state index in [1.807, 2.05) is 0 Å². The van der Waals surface area contributed by atoms with Crippen LogP contribution in [0, 0.1) is 0 Å². The summed E-state index contributed by atoms with van der Waals surface area (Å²) >= 11 is 7.88. The summed E-state index contributed by atoms with van der Waals surface area (Å²) in [6.45, 7) is 0.658. The van der Waals surface area contributed by atoms with Crippen LogP contribution in [0.15, 0.2) is 47.4 Å². The van der Waals surface area contributed by atoms with Crippen LogP contribution in [0.25, 0.3) is 0 Å². The van der Waals surface area contributed by atoms with Gasteiger partial charge in [-0.3, -0.25) is 4.79 Å². The summed E-state index contributed by atoms with van der Waals surface area (Å²) in [6, 6.07) is 13.5. The van der Waals surface area contributed by atoms with Gasteiger partial charge in [0.25, 0.3) is 5.91 Å². The smallest absolute Gasteiger partial charge is 0.251 e. The number of rotatable bonds is 5. The molecule has 0 spiro atoms. The molecule has 0 saturated heterocycles. The molecular weight excluding hydrogens is 304 g/mol. The maximum absolute atomic E-state index is 11.6. The molecule has 0 aliphatic rings. The Balaban J connectivity index is 2.09. The lowest BCUT2D eigenvalue weighted by Gasteiger charge is -2.10. The summed E-state index contributed by atoms with van der Waals surface area (Å²) in [5.41, 5.74) is 2.50. The molecule has 21 heavy (non-hydrogen) atoms. The zero-order valence-corrected chi connectivity index (χ0v) is 13.5. The van der Waals surface area contributed by atoms with E-state index < -0.39 is 0 Å². The first-order valence-corrected chi connectivity index (χ1v) is 8.12. The van der Waals surface area contributed by atoms with Gasteiger partial charge in [-0.1, -0.05) is 23.7 Å². The lowest BCUT2D eigenvalue weighted by atomic mass is 10.1. The van der Waals surface area contributed by atoms with Crippen LogP contribution in [0.3, 0.4) is 0 Å². The fraction of sp³-hybridized carbons (Fsp3) is 0.188. The SMILES string of the molecule is CNC(=O)c1ccc(Cl)c(NCc2ccc(SC)cc2)c1. The quantitative estimate of drug-likeness (QED) is 0.817. The lowest BCUT2D eigenvalue weighted by Crippen LogP contribution is -2.17. The van der Waals surface area contributed by atoms with Gasteiger partial charge in [0.15, 0.2) is 0 Å². The van der Waals surface area contributed by atoms with Crippen molar-refractivity contribution < 1.29 is 4.79 Å². The lowest BCUT2D eigenvalue weighted by molar-refractivity contribution is 0.0963. The number of hydrogen-bond acceptors (Lipinski definition) is 3. The van der Waals surface area contributed by atoms with E-state index in [1.165, 1.54) is 4.90 Å². The van der Waals surface area contributed by atoms with Crippen LogP contribution < -0.4 is 10.6 Å². The van der Waals surface area contributed by atoms with E-state index in [1.54, 1.807) is 37.0 Å². The summed E-state index contributed by atoms with van der Waals surface area (Å²) in [4.78, 5) is 12.9. The highest BCUT2D eigenvalue weighted by Crippen LogP contribution is 2.24. The van der Waals surface area contributed by atoms with Crippen molar-refractivity contribution in [1.82, 2.24) is 5.32 Å². The van der Waals surface area contributed by atoms with E-state index in [2.05, 4.69) is 41.2 Å². The highest BCUT2D eigenvalue weighted by Gasteiger charge is 2.07. The first kappa shape index (κ1) is 15.7. The monoisotopic (exact) mass is 320 g/mol. The predicted octanol–water partition coefficient (Wildman–Crippen LogP) is 4.03. The van der Waals surface area contributed by atoms with Gasteiger partial charge < -0.3 is 10.6 Å². The standard InChI is InChI=1S/C16H17ClN2OS/c1-18-16(20)12-5-8-14(17)15(9-12)19-10-11-3-6-13(21-2)7-4-11/h3-9,19H,10H2,1-2H3,(H,18,20). The van der Waals surface area contributed by atoms with Gasteiger partial charge in [0.2, 0.25) is 0 Å². The molecule has 0 aliphatic carbocycles. The van der Waals surface area contributed by atoms with Crippen LogP contribution in [-0.2, 0) is 6.54 Å². The Morgan fingerprint density at radius 1 is 1.19 bits per heavy atom. The Labute approximate surface area is 134 Å². The number of anilines is 1. The minimum absolute atomic E-state index is 0.126. The van der Waals surface area contributed by atoms with Crippen molar-refractivity contribution in [1.29, 1.82) is 0 Å². The Bertz CT molecular complexity index is 629. The molecule has 1 amide bonds. The number of benzene rings is 2. The number of hydrogen-bond donors (Lipinski definition) is 2. The summed E-state index contributed by atoms with van der Waals surface area (Å²) in [5.74, 6) is -0.126. The first-order chi connectivity index (χ1) is 10.1. The van der Waals surface area contributed by atoms with Crippen molar-refractivity contribution in [3.05, 3.63) is 58.6 Å². The highest BCUT2D eigenvalue weighted by molar-refractivity contribution is 7.98. The van der Waals surface area contributed by atoms with Crippen LogP contribution in [0.2, 0.25) is 5.02 Å². The molecule has 0 saturated carbocycles. The highest BCUT2D eigenvalue weighted by atomic mass is 35.5. The van der Waals surface area contributed by atoms with E-state index >= 15 is 0 Å². The summed E-state index contributed by atoms with van der Waals surface area (Å²) in [5, 5.41) is 6.47. The molecular formula is C16H17ClN2OS. The number of nitrogens with one attached hydrogen (secondary N) is 2. The minimum atomic E-state index is -0.126. The maximum Gasteiger partial charge on any atom is 0.251 e. The number of thioether (sulfide) groups is 1. The average molecular weight is 321 g/mol. The van der Waals surface area contributed by atoms with Crippen molar-refractivity contribution in [2.75, 3.05) is 18.6 Å². The molecule has 0 unspecified atom stereocenters. The van der Waals surface area contributed by atoms with Gasteiger partial charge in [-0.25, -0.2) is 0 Å². The third kappa shape index (κ3) is 4.16. The van der Waals surface area contributed by atoms with Gasteiger partial charge >= 0.3 is 0 Å². The van der Waals surface area contributed by atoms with E-state index in [0.717, 1.165) is 11.3 Å². The maximum atomic E-state index is 11.6. The van der Waals surface area contributed by atoms with E-state index in [-0.39, 0.29) is 5.91 Å². The van der Waals surface area contributed by atoms with Crippen molar-refractivity contribution in [2.45, 2.75) is 11.4 Å². The number of halogens is 1. The van der Waals surface area contributed by atoms with Gasteiger partial charge in [-0.2, -0.15) is 0 Å². The molecule has 0 heterocycles.